The van der Waals surface area contributed by atoms with E-state index in [-0.39, 0.29) is 0 Å². The Hall–Kier alpha value is -4.18. The van der Waals surface area contributed by atoms with E-state index in [4.69, 9.17) is 9.97 Å². The molecule has 4 heteroatoms. The lowest BCUT2D eigenvalue weighted by atomic mass is 10.1. The van der Waals surface area contributed by atoms with Crippen LogP contribution in [0.5, 0.6) is 0 Å². The molecule has 4 aromatic carbocycles. The largest absolute Gasteiger partial charge is 0.354 e. The number of hydrogen-bond donors (Lipinski definition) is 2. The highest BCUT2D eigenvalue weighted by molar-refractivity contribution is 6.08. The van der Waals surface area contributed by atoms with E-state index >= 15 is 0 Å². The van der Waals surface area contributed by atoms with Gasteiger partial charge in [0.15, 0.2) is 0 Å². The van der Waals surface area contributed by atoms with Gasteiger partial charge in [0.2, 0.25) is 0 Å². The lowest BCUT2D eigenvalue weighted by molar-refractivity contribution is 1.34. The van der Waals surface area contributed by atoms with Gasteiger partial charge in [-0.2, -0.15) is 0 Å². The zero-order chi connectivity index (χ0) is 19.9. The summed E-state index contributed by atoms with van der Waals surface area (Å²) < 4.78 is 0. The smallest absolute Gasteiger partial charge is 0.138 e. The van der Waals surface area contributed by atoms with Gasteiger partial charge in [-0.05, 0) is 48.5 Å². The summed E-state index contributed by atoms with van der Waals surface area (Å²) in [4.78, 5) is 12.9. The topological polar surface area (TPSA) is 53.6 Å². The van der Waals surface area contributed by atoms with Crippen LogP contribution in [0.2, 0.25) is 0 Å². The highest BCUT2D eigenvalue weighted by atomic mass is 14.9. The zero-order valence-corrected chi connectivity index (χ0v) is 16.1. The molecule has 30 heavy (non-hydrogen) atoms. The predicted molar refractivity (Wildman–Crippen MR) is 124 cm³/mol. The quantitative estimate of drug-likeness (QED) is 0.334. The molecule has 6 rings (SSSR count). The van der Waals surface area contributed by atoms with Crippen molar-refractivity contribution in [2.24, 2.45) is 0 Å². The van der Waals surface area contributed by atoms with Gasteiger partial charge in [-0.1, -0.05) is 48.5 Å². The summed E-state index contributed by atoms with van der Waals surface area (Å²) in [7, 11) is 0. The third-order valence-corrected chi connectivity index (χ3v) is 5.40. The van der Waals surface area contributed by atoms with Gasteiger partial charge in [-0.3, -0.25) is 0 Å². The lowest BCUT2D eigenvalue weighted by Gasteiger charge is -2.13. The summed E-state index contributed by atoms with van der Waals surface area (Å²) in [5.41, 5.74) is 7.15. The Kier molecular flexibility index (Phi) is 3.74. The summed E-state index contributed by atoms with van der Waals surface area (Å²) in [6.07, 6.45) is 0. The average molecular weight is 386 g/mol. The van der Waals surface area contributed by atoms with Gasteiger partial charge in [-0.15, -0.1) is 0 Å². The first kappa shape index (κ1) is 16.7. The highest BCUT2D eigenvalue weighted by Crippen LogP contribution is 2.33. The summed E-state index contributed by atoms with van der Waals surface area (Å²) in [5.74, 6) is 0.877. The molecule has 2 aromatic heterocycles. The molecule has 0 atom stereocenters. The first-order valence-electron chi connectivity index (χ1n) is 9.95. The molecule has 0 saturated heterocycles. The van der Waals surface area contributed by atoms with Crippen molar-refractivity contribution in [2.45, 2.75) is 0 Å². The maximum atomic E-state index is 4.80. The Morgan fingerprint density at radius 3 is 1.83 bits per heavy atom. The summed E-state index contributed by atoms with van der Waals surface area (Å²) in [6.45, 7) is 0. The van der Waals surface area contributed by atoms with Crippen LogP contribution in [0.3, 0.4) is 0 Å². The molecular weight excluding hydrogens is 368 g/mol. The molecular formula is C26H18N4. The Labute approximate surface area is 173 Å². The second-order valence-electron chi connectivity index (χ2n) is 7.33. The van der Waals surface area contributed by atoms with E-state index in [0.717, 1.165) is 55.6 Å². The first-order valence-corrected chi connectivity index (χ1v) is 9.95. The van der Waals surface area contributed by atoms with Gasteiger partial charge < -0.3 is 10.3 Å². The third kappa shape index (κ3) is 2.78. The van der Waals surface area contributed by atoms with Gasteiger partial charge in [-0.25, -0.2) is 9.97 Å². The minimum atomic E-state index is 0.877. The van der Waals surface area contributed by atoms with E-state index in [0.29, 0.717) is 0 Å². The second kappa shape index (κ2) is 6.71. The number of imidazole rings is 1. The molecule has 0 aliphatic rings. The minimum absolute atomic E-state index is 0.877. The molecule has 0 amide bonds. The normalized spacial score (nSPS) is 11.3. The van der Waals surface area contributed by atoms with Crippen LogP contribution in [0, 0.1) is 0 Å². The number of rotatable bonds is 3. The van der Waals surface area contributed by atoms with E-state index in [1.807, 2.05) is 36.4 Å². The fraction of sp³-hybridized carbons (Fsp3) is 0. The van der Waals surface area contributed by atoms with Crippen LogP contribution < -0.4 is 5.32 Å². The number of hydrogen-bond acceptors (Lipinski definition) is 3. The van der Waals surface area contributed by atoms with Crippen molar-refractivity contribution < 1.29 is 0 Å². The molecule has 0 unspecified atom stereocenters. The van der Waals surface area contributed by atoms with E-state index < -0.39 is 0 Å². The second-order valence-corrected chi connectivity index (χ2v) is 7.33. The summed E-state index contributed by atoms with van der Waals surface area (Å²) >= 11 is 0. The number of aromatic amines is 1. The first-order chi connectivity index (χ1) is 14.8. The fourth-order valence-electron chi connectivity index (χ4n) is 3.92. The number of nitrogens with zero attached hydrogens (tertiary/aromatic N) is 2. The van der Waals surface area contributed by atoms with E-state index in [1.165, 1.54) is 0 Å². The molecule has 2 heterocycles. The number of nitrogens with one attached hydrogen (secondary N) is 2. The number of H-pyrrole nitrogens is 1. The average Bonchev–Trinajstić information content (AvgIpc) is 3.24. The molecule has 0 spiro atoms. The molecule has 0 fully saturated rings. The van der Waals surface area contributed by atoms with Crippen molar-refractivity contribution in [3.05, 3.63) is 97.1 Å². The maximum absolute atomic E-state index is 4.80. The molecule has 2 N–H and O–H groups in total. The van der Waals surface area contributed by atoms with Crippen LogP contribution in [-0.2, 0) is 0 Å². The SMILES string of the molecule is c1ccc2[nH]c(-c3ccc(Nc4c5ccccc5nc5ccccc45)cc3)nc2c1. The summed E-state index contributed by atoms with van der Waals surface area (Å²) in [6, 6.07) is 32.9. The molecule has 6 aromatic rings. The molecule has 0 aliphatic heterocycles. The maximum Gasteiger partial charge on any atom is 0.138 e. The van der Waals surface area contributed by atoms with Crippen LogP contribution in [0.1, 0.15) is 0 Å². The van der Waals surface area contributed by atoms with Crippen molar-refractivity contribution >= 4 is 44.2 Å². The zero-order valence-electron chi connectivity index (χ0n) is 16.1. The Balaban J connectivity index is 1.41. The highest BCUT2D eigenvalue weighted by Gasteiger charge is 2.10. The monoisotopic (exact) mass is 386 g/mol. The lowest BCUT2D eigenvalue weighted by Crippen LogP contribution is -1.95. The number of anilines is 2. The van der Waals surface area contributed by atoms with Crippen LogP contribution in [0.4, 0.5) is 11.4 Å². The molecule has 4 nitrogen and oxygen atoms in total. The molecule has 0 aliphatic carbocycles. The Morgan fingerprint density at radius 1 is 0.567 bits per heavy atom. The van der Waals surface area contributed by atoms with Gasteiger partial charge in [0.05, 0.1) is 27.8 Å². The van der Waals surface area contributed by atoms with Crippen LogP contribution in [0.15, 0.2) is 97.1 Å². The van der Waals surface area contributed by atoms with Crippen LogP contribution in [0.25, 0.3) is 44.2 Å². The molecule has 0 radical (unpaired) electrons. The number of benzene rings is 4. The number of aromatic nitrogens is 3. The summed E-state index contributed by atoms with van der Waals surface area (Å²) in [5, 5.41) is 5.84. The van der Waals surface area contributed by atoms with Crippen LogP contribution in [-0.4, -0.2) is 15.0 Å². The van der Waals surface area contributed by atoms with Crippen molar-refractivity contribution in [1.29, 1.82) is 0 Å². The molecule has 0 bridgehead atoms. The van der Waals surface area contributed by atoms with Crippen molar-refractivity contribution in [2.75, 3.05) is 5.32 Å². The number of para-hydroxylation sites is 4. The van der Waals surface area contributed by atoms with Gasteiger partial charge in [0.25, 0.3) is 0 Å². The molecule has 142 valence electrons. The third-order valence-electron chi connectivity index (χ3n) is 5.40. The van der Waals surface area contributed by atoms with Crippen molar-refractivity contribution in [3.63, 3.8) is 0 Å². The van der Waals surface area contributed by atoms with Gasteiger partial charge in [0.1, 0.15) is 5.82 Å². The van der Waals surface area contributed by atoms with E-state index in [9.17, 15) is 0 Å². The Morgan fingerprint density at radius 2 is 1.17 bits per heavy atom. The number of fused-ring (bicyclic) bond motifs is 3. The minimum Gasteiger partial charge on any atom is -0.354 e. The molecule has 0 saturated carbocycles. The van der Waals surface area contributed by atoms with E-state index in [2.05, 4.69) is 71.0 Å². The van der Waals surface area contributed by atoms with Crippen molar-refractivity contribution in [3.8, 4) is 11.4 Å². The van der Waals surface area contributed by atoms with Gasteiger partial charge >= 0.3 is 0 Å². The number of pyridine rings is 1. The van der Waals surface area contributed by atoms with Gasteiger partial charge in [0, 0.05) is 22.0 Å². The fourth-order valence-corrected chi connectivity index (χ4v) is 3.92. The predicted octanol–water partition coefficient (Wildman–Crippen LogP) is 6.67. The Bertz CT molecular complexity index is 1430. The van der Waals surface area contributed by atoms with Crippen LogP contribution >= 0.6 is 0 Å². The van der Waals surface area contributed by atoms with E-state index in [1.54, 1.807) is 0 Å². The standard InChI is InChI=1S/C26H18N4/c1-3-9-21-19(7-1)25(20-8-2-4-10-22(20)28-21)27-18-15-13-17(14-16-18)26-29-23-11-5-6-12-24(23)30-26/h1-16H,(H,27,28)(H,29,30). The van der Waals surface area contributed by atoms with Crippen molar-refractivity contribution in [1.82, 2.24) is 15.0 Å².